The van der Waals surface area contributed by atoms with E-state index in [0.29, 0.717) is 29.5 Å². The number of aliphatic carboxylic acids is 1. The zero-order valence-electron chi connectivity index (χ0n) is 21.9. The summed E-state index contributed by atoms with van der Waals surface area (Å²) in [5.41, 5.74) is 1.03. The van der Waals surface area contributed by atoms with E-state index < -0.39 is 11.4 Å². The van der Waals surface area contributed by atoms with Crippen molar-refractivity contribution < 1.29 is 14.7 Å². The number of fused-ring (bicyclic) bond motifs is 7. The summed E-state index contributed by atoms with van der Waals surface area (Å²) in [4.78, 5) is 25.7. The molecule has 5 aliphatic rings. The molecule has 0 aliphatic heterocycles. The van der Waals surface area contributed by atoms with Gasteiger partial charge in [-0.3, -0.25) is 9.59 Å². The van der Waals surface area contributed by atoms with Crippen molar-refractivity contribution in [1.82, 2.24) is 0 Å². The molecule has 0 aromatic rings. The van der Waals surface area contributed by atoms with E-state index in [1.54, 1.807) is 0 Å². The quantitative estimate of drug-likeness (QED) is 0.445. The molecule has 0 radical (unpaired) electrons. The van der Waals surface area contributed by atoms with E-state index in [1.807, 2.05) is 0 Å². The second-order valence-electron chi connectivity index (χ2n) is 14.3. The van der Waals surface area contributed by atoms with Crippen LogP contribution in [0.25, 0.3) is 0 Å². The highest BCUT2D eigenvalue weighted by Crippen LogP contribution is 2.77. The van der Waals surface area contributed by atoms with Gasteiger partial charge < -0.3 is 5.11 Å². The summed E-state index contributed by atoms with van der Waals surface area (Å²) in [7, 11) is 0. The fraction of sp³-hybridized carbons (Fsp3) is 0.867. The normalized spacial score (nSPS) is 52.8. The molecule has 0 bridgehead atoms. The van der Waals surface area contributed by atoms with Crippen molar-refractivity contribution in [3.8, 4) is 0 Å². The highest BCUT2D eigenvalue weighted by atomic mass is 16.4. The van der Waals surface area contributed by atoms with Crippen molar-refractivity contribution in [2.75, 3.05) is 0 Å². The Balaban J connectivity index is 1.57. The molecule has 5 saturated carbocycles. The fourth-order valence-corrected chi connectivity index (χ4v) is 11.3. The number of Topliss-reactive ketones (excluding diaryl/α,β-unsaturated/α-hetero) is 1. The van der Waals surface area contributed by atoms with Gasteiger partial charge in [0.05, 0.1) is 5.41 Å². The lowest BCUT2D eigenvalue weighted by Gasteiger charge is -2.72. The van der Waals surface area contributed by atoms with E-state index in [0.717, 1.165) is 51.4 Å². The summed E-state index contributed by atoms with van der Waals surface area (Å²) >= 11 is 0. The maximum atomic E-state index is 12.9. The van der Waals surface area contributed by atoms with Gasteiger partial charge in [0.15, 0.2) is 0 Å². The topological polar surface area (TPSA) is 54.4 Å². The van der Waals surface area contributed by atoms with Crippen LogP contribution in [0.4, 0.5) is 0 Å². The first-order chi connectivity index (χ1) is 15.3. The Labute approximate surface area is 201 Å². The minimum Gasteiger partial charge on any atom is -0.481 e. The first kappa shape index (κ1) is 23.6. The Kier molecular flexibility index (Phi) is 4.99. The van der Waals surface area contributed by atoms with Gasteiger partial charge in [0.25, 0.3) is 0 Å². The summed E-state index contributed by atoms with van der Waals surface area (Å²) in [5.74, 6) is 2.07. The SMILES string of the molecule is C=C(C)C1CC[C@]2(C(=O)O)CC[C@]3(C)C(CCC4[C@@]5(C)CCC(=O)C(C)(C)C5CC[C@]43C)C12. The van der Waals surface area contributed by atoms with Gasteiger partial charge in [-0.25, -0.2) is 0 Å². The first-order valence-corrected chi connectivity index (χ1v) is 13.7. The van der Waals surface area contributed by atoms with Crippen LogP contribution in [-0.4, -0.2) is 16.9 Å². The molecule has 9 atom stereocenters. The second kappa shape index (κ2) is 6.97. The molecule has 5 unspecified atom stereocenters. The minimum atomic E-state index is -0.547. The number of carbonyl (C=O) groups is 2. The van der Waals surface area contributed by atoms with Crippen LogP contribution in [0.5, 0.6) is 0 Å². The van der Waals surface area contributed by atoms with Crippen LogP contribution in [0.15, 0.2) is 12.2 Å². The summed E-state index contributed by atoms with van der Waals surface area (Å²) in [5, 5.41) is 10.5. The Morgan fingerprint density at radius 2 is 1.58 bits per heavy atom. The molecule has 5 aliphatic carbocycles. The van der Waals surface area contributed by atoms with Gasteiger partial charge in [0.1, 0.15) is 5.78 Å². The Morgan fingerprint density at radius 1 is 0.879 bits per heavy atom. The summed E-state index contributed by atoms with van der Waals surface area (Å²) in [6.07, 6.45) is 10.1. The molecule has 0 heterocycles. The highest BCUT2D eigenvalue weighted by Gasteiger charge is 2.72. The maximum Gasteiger partial charge on any atom is 0.309 e. The molecule has 0 amide bonds. The largest absolute Gasteiger partial charge is 0.481 e. The van der Waals surface area contributed by atoms with Gasteiger partial charge in [-0.05, 0) is 111 Å². The number of rotatable bonds is 2. The van der Waals surface area contributed by atoms with Crippen LogP contribution in [0.1, 0.15) is 106 Å². The average molecular weight is 455 g/mol. The van der Waals surface area contributed by atoms with Crippen molar-refractivity contribution >= 4 is 11.8 Å². The molecule has 0 aromatic heterocycles. The molecular formula is C30H46O3. The summed E-state index contributed by atoms with van der Waals surface area (Å²) in [6.45, 7) is 18.5. The molecule has 1 N–H and O–H groups in total. The van der Waals surface area contributed by atoms with Crippen LogP contribution >= 0.6 is 0 Å². The zero-order valence-corrected chi connectivity index (χ0v) is 21.9. The molecule has 0 saturated heterocycles. The van der Waals surface area contributed by atoms with Crippen LogP contribution in [0, 0.1) is 56.7 Å². The average Bonchev–Trinajstić information content (AvgIpc) is 3.13. The van der Waals surface area contributed by atoms with Crippen molar-refractivity contribution in [2.24, 2.45) is 56.7 Å². The zero-order chi connectivity index (χ0) is 24.2. The molecule has 5 fully saturated rings. The van der Waals surface area contributed by atoms with Gasteiger partial charge in [-0.1, -0.05) is 46.8 Å². The fourth-order valence-electron chi connectivity index (χ4n) is 11.3. The minimum absolute atomic E-state index is 0.164. The molecule has 5 rings (SSSR count). The number of carbonyl (C=O) groups excluding carboxylic acids is 1. The van der Waals surface area contributed by atoms with Crippen LogP contribution in [-0.2, 0) is 9.59 Å². The van der Waals surface area contributed by atoms with Crippen molar-refractivity contribution in [3.05, 3.63) is 12.2 Å². The molecule has 184 valence electrons. The summed E-state index contributed by atoms with van der Waals surface area (Å²) in [6, 6.07) is 0. The Bertz CT molecular complexity index is 902. The van der Waals surface area contributed by atoms with Gasteiger partial charge in [0.2, 0.25) is 0 Å². The van der Waals surface area contributed by atoms with Crippen molar-refractivity contribution in [2.45, 2.75) is 106 Å². The number of carboxylic acids is 1. The van der Waals surface area contributed by atoms with E-state index in [9.17, 15) is 14.7 Å². The van der Waals surface area contributed by atoms with E-state index >= 15 is 0 Å². The van der Waals surface area contributed by atoms with E-state index in [1.165, 1.54) is 18.4 Å². The number of hydrogen-bond donors (Lipinski definition) is 1. The van der Waals surface area contributed by atoms with Crippen LogP contribution < -0.4 is 0 Å². The highest BCUT2D eigenvalue weighted by molar-refractivity contribution is 5.85. The van der Waals surface area contributed by atoms with Crippen molar-refractivity contribution in [3.63, 3.8) is 0 Å². The number of allylic oxidation sites excluding steroid dienone is 1. The van der Waals surface area contributed by atoms with Gasteiger partial charge in [-0.15, -0.1) is 0 Å². The predicted molar refractivity (Wildman–Crippen MR) is 132 cm³/mol. The molecular weight excluding hydrogens is 408 g/mol. The first-order valence-electron chi connectivity index (χ1n) is 13.7. The van der Waals surface area contributed by atoms with Gasteiger partial charge in [0, 0.05) is 11.8 Å². The summed E-state index contributed by atoms with van der Waals surface area (Å²) < 4.78 is 0. The molecule has 3 nitrogen and oxygen atoms in total. The van der Waals surface area contributed by atoms with Gasteiger partial charge >= 0.3 is 5.97 Å². The Hall–Kier alpha value is -1.12. The smallest absolute Gasteiger partial charge is 0.309 e. The Morgan fingerprint density at radius 3 is 2.21 bits per heavy atom. The lowest BCUT2D eigenvalue weighted by molar-refractivity contribution is -0.235. The predicted octanol–water partition coefficient (Wildman–Crippen LogP) is 7.30. The second-order valence-corrected chi connectivity index (χ2v) is 14.3. The number of carboxylic acid groups (broad SMARTS) is 1. The molecule has 3 heteroatoms. The molecule has 0 spiro atoms. The third-order valence-electron chi connectivity index (χ3n) is 13.2. The van der Waals surface area contributed by atoms with Crippen LogP contribution in [0.2, 0.25) is 0 Å². The van der Waals surface area contributed by atoms with E-state index in [-0.39, 0.29) is 27.6 Å². The third kappa shape index (κ3) is 2.69. The maximum absolute atomic E-state index is 12.9. The monoisotopic (exact) mass is 454 g/mol. The van der Waals surface area contributed by atoms with E-state index in [2.05, 4.69) is 48.1 Å². The third-order valence-corrected chi connectivity index (χ3v) is 13.2. The molecule has 33 heavy (non-hydrogen) atoms. The van der Waals surface area contributed by atoms with E-state index in [4.69, 9.17) is 0 Å². The lowest BCUT2D eigenvalue weighted by Crippen LogP contribution is -2.66. The van der Waals surface area contributed by atoms with Crippen LogP contribution in [0.3, 0.4) is 0 Å². The lowest BCUT2D eigenvalue weighted by atomic mass is 9.32. The number of ketones is 1. The van der Waals surface area contributed by atoms with Gasteiger partial charge in [-0.2, -0.15) is 0 Å². The molecule has 0 aromatic carbocycles. The standard InChI is InChI=1S/C30H46O3/c1-18(2)19-10-15-30(25(32)33)17-16-28(6)20(24(19)30)8-9-22-27(5)13-12-23(31)26(3,4)21(27)11-14-29(22,28)7/h19-22,24H,1,8-17H2,2-7H3,(H,32,33)/t19?,20?,21?,22?,24?,27-,28+,29+,30-/m0/s1. The number of hydrogen-bond acceptors (Lipinski definition) is 2. The van der Waals surface area contributed by atoms with Crippen molar-refractivity contribution in [1.29, 1.82) is 0 Å².